The lowest BCUT2D eigenvalue weighted by molar-refractivity contribution is 0.0689. The lowest BCUT2D eigenvalue weighted by atomic mass is 10.2. The molecule has 90 valence electrons. The van der Waals surface area contributed by atoms with E-state index in [1.54, 1.807) is 22.0 Å². The number of aryl methyl sites for hydroxylation is 1. The summed E-state index contributed by atoms with van der Waals surface area (Å²) in [4.78, 5) is 12.5. The van der Waals surface area contributed by atoms with Gasteiger partial charge in [-0.2, -0.15) is 0 Å². The number of aromatic carboxylic acids is 1. The lowest BCUT2D eigenvalue weighted by Gasteiger charge is -2.04. The summed E-state index contributed by atoms with van der Waals surface area (Å²) in [5.74, 6) is -0.905. The van der Waals surface area contributed by atoms with Crippen molar-refractivity contribution < 1.29 is 9.90 Å². The van der Waals surface area contributed by atoms with Gasteiger partial charge in [0.05, 0.1) is 5.52 Å². The number of hydrogen-bond donors (Lipinski definition) is 1. The van der Waals surface area contributed by atoms with E-state index in [2.05, 4.69) is 0 Å². The Morgan fingerprint density at radius 1 is 1.22 bits per heavy atom. The molecule has 2 aromatic heterocycles. The Bertz CT molecular complexity index is 739. The smallest absolute Gasteiger partial charge is 0.352 e. The molecule has 0 saturated carbocycles. The van der Waals surface area contributed by atoms with Crippen LogP contribution in [0.4, 0.5) is 0 Å². The monoisotopic (exact) mass is 257 g/mol. The molecule has 0 bridgehead atoms. The van der Waals surface area contributed by atoms with E-state index in [4.69, 9.17) is 0 Å². The highest BCUT2D eigenvalue weighted by atomic mass is 32.1. The third-order valence-electron chi connectivity index (χ3n) is 2.88. The minimum atomic E-state index is -0.905. The van der Waals surface area contributed by atoms with Crippen molar-refractivity contribution in [2.45, 2.75) is 6.92 Å². The average Bonchev–Trinajstić information content (AvgIpc) is 2.92. The van der Waals surface area contributed by atoms with Gasteiger partial charge < -0.3 is 5.11 Å². The fourth-order valence-corrected chi connectivity index (χ4v) is 2.98. The van der Waals surface area contributed by atoms with Gasteiger partial charge in [-0.15, -0.1) is 11.3 Å². The number of carbonyl (C=O) groups is 1. The van der Waals surface area contributed by atoms with Crippen molar-refractivity contribution in [3.05, 3.63) is 53.0 Å². The Morgan fingerprint density at radius 2 is 2.00 bits per heavy atom. The summed E-state index contributed by atoms with van der Waals surface area (Å²) in [5.41, 5.74) is 1.23. The third-order valence-corrected chi connectivity index (χ3v) is 3.86. The van der Waals surface area contributed by atoms with Gasteiger partial charge in [-0.05, 0) is 31.2 Å². The highest BCUT2D eigenvalue weighted by molar-refractivity contribution is 7.14. The molecule has 0 fully saturated rings. The van der Waals surface area contributed by atoms with Gasteiger partial charge in [-0.25, -0.2) is 4.79 Å². The lowest BCUT2D eigenvalue weighted by Crippen LogP contribution is -2.04. The van der Waals surface area contributed by atoms with Gasteiger partial charge in [0.15, 0.2) is 0 Å². The summed E-state index contributed by atoms with van der Waals surface area (Å²) in [6.07, 6.45) is 0. The van der Waals surface area contributed by atoms with Crippen LogP contribution in [0, 0.1) is 6.92 Å². The standard InChI is InChI=1S/C14H11NO2S/c1-9-6-7-13(18-9)15-11-5-3-2-4-10(11)8-12(15)14(16)17/h2-8H,1H3,(H,16,17). The minimum absolute atomic E-state index is 0.304. The van der Waals surface area contributed by atoms with E-state index in [0.29, 0.717) is 5.69 Å². The minimum Gasteiger partial charge on any atom is -0.477 e. The average molecular weight is 257 g/mol. The van der Waals surface area contributed by atoms with Gasteiger partial charge in [-0.3, -0.25) is 4.57 Å². The maximum Gasteiger partial charge on any atom is 0.352 e. The number of para-hydroxylation sites is 1. The summed E-state index contributed by atoms with van der Waals surface area (Å²) < 4.78 is 1.80. The first-order chi connectivity index (χ1) is 8.66. The van der Waals surface area contributed by atoms with Gasteiger partial charge in [0.2, 0.25) is 0 Å². The second kappa shape index (κ2) is 3.99. The van der Waals surface area contributed by atoms with Crippen LogP contribution >= 0.6 is 11.3 Å². The first-order valence-corrected chi connectivity index (χ1v) is 6.39. The molecule has 0 atom stereocenters. The fourth-order valence-electron chi connectivity index (χ4n) is 2.09. The summed E-state index contributed by atoms with van der Waals surface area (Å²) >= 11 is 1.59. The molecule has 18 heavy (non-hydrogen) atoms. The molecule has 3 aromatic rings. The number of carboxylic acid groups (broad SMARTS) is 1. The summed E-state index contributed by atoms with van der Waals surface area (Å²) in [6.45, 7) is 2.01. The first-order valence-electron chi connectivity index (χ1n) is 5.57. The fraction of sp³-hybridized carbons (Fsp3) is 0.0714. The molecule has 0 unspecified atom stereocenters. The molecule has 0 amide bonds. The van der Waals surface area contributed by atoms with Gasteiger partial charge in [-0.1, -0.05) is 18.2 Å². The molecule has 0 aliphatic heterocycles. The molecule has 1 aromatic carbocycles. The van der Waals surface area contributed by atoms with Crippen LogP contribution in [0.5, 0.6) is 0 Å². The van der Waals surface area contributed by atoms with Crippen molar-refractivity contribution in [3.8, 4) is 5.00 Å². The van der Waals surface area contributed by atoms with Gasteiger partial charge in [0, 0.05) is 10.3 Å². The SMILES string of the molecule is Cc1ccc(-n2c(C(=O)O)cc3ccccc32)s1. The topological polar surface area (TPSA) is 42.2 Å². The number of hydrogen-bond acceptors (Lipinski definition) is 2. The number of carboxylic acids is 1. The number of nitrogens with zero attached hydrogens (tertiary/aromatic N) is 1. The van der Waals surface area contributed by atoms with Crippen molar-refractivity contribution in [2.75, 3.05) is 0 Å². The normalized spacial score (nSPS) is 10.9. The Labute approximate surface area is 108 Å². The second-order valence-corrected chi connectivity index (χ2v) is 5.38. The molecule has 0 aliphatic rings. The predicted molar refractivity (Wildman–Crippen MR) is 72.8 cm³/mol. The van der Waals surface area contributed by atoms with Crippen molar-refractivity contribution in [1.29, 1.82) is 0 Å². The molecule has 0 spiro atoms. The zero-order valence-corrected chi connectivity index (χ0v) is 10.6. The largest absolute Gasteiger partial charge is 0.477 e. The maximum absolute atomic E-state index is 11.4. The zero-order chi connectivity index (χ0) is 12.7. The third kappa shape index (κ3) is 1.62. The van der Waals surface area contributed by atoms with Crippen molar-refractivity contribution >= 4 is 28.2 Å². The van der Waals surface area contributed by atoms with E-state index in [0.717, 1.165) is 15.9 Å². The number of rotatable bonds is 2. The van der Waals surface area contributed by atoms with Crippen LogP contribution < -0.4 is 0 Å². The number of fused-ring (bicyclic) bond motifs is 1. The molecule has 0 radical (unpaired) electrons. The van der Waals surface area contributed by atoms with E-state index < -0.39 is 5.97 Å². The molecule has 2 heterocycles. The summed E-state index contributed by atoms with van der Waals surface area (Å²) in [7, 11) is 0. The van der Waals surface area contributed by atoms with Gasteiger partial charge in [0.25, 0.3) is 0 Å². The maximum atomic E-state index is 11.4. The molecule has 0 saturated heterocycles. The zero-order valence-electron chi connectivity index (χ0n) is 9.75. The second-order valence-electron chi connectivity index (χ2n) is 4.11. The van der Waals surface area contributed by atoms with Crippen LogP contribution in [0.2, 0.25) is 0 Å². The van der Waals surface area contributed by atoms with Crippen LogP contribution in [-0.4, -0.2) is 15.6 Å². The van der Waals surface area contributed by atoms with Crippen LogP contribution in [-0.2, 0) is 0 Å². The Morgan fingerprint density at radius 3 is 2.67 bits per heavy atom. The molecule has 1 N–H and O–H groups in total. The highest BCUT2D eigenvalue weighted by Gasteiger charge is 2.16. The van der Waals surface area contributed by atoms with Crippen molar-refractivity contribution in [1.82, 2.24) is 4.57 Å². The van der Waals surface area contributed by atoms with Crippen LogP contribution in [0.25, 0.3) is 15.9 Å². The van der Waals surface area contributed by atoms with E-state index in [-0.39, 0.29) is 0 Å². The van der Waals surface area contributed by atoms with E-state index >= 15 is 0 Å². The quantitative estimate of drug-likeness (QED) is 0.760. The Kier molecular flexibility index (Phi) is 2.45. The molecule has 3 rings (SSSR count). The summed E-state index contributed by atoms with van der Waals surface area (Å²) in [6, 6.07) is 13.4. The molecule has 3 nitrogen and oxygen atoms in total. The Balaban J connectivity index is 2.37. The van der Waals surface area contributed by atoms with Crippen LogP contribution in [0.1, 0.15) is 15.4 Å². The number of thiophene rings is 1. The Hall–Kier alpha value is -2.07. The van der Waals surface area contributed by atoms with Crippen molar-refractivity contribution in [3.63, 3.8) is 0 Å². The predicted octanol–water partition coefficient (Wildman–Crippen LogP) is 3.70. The van der Waals surface area contributed by atoms with Crippen molar-refractivity contribution in [2.24, 2.45) is 0 Å². The van der Waals surface area contributed by atoms with E-state index in [1.807, 2.05) is 43.3 Å². The van der Waals surface area contributed by atoms with Crippen LogP contribution in [0.3, 0.4) is 0 Å². The van der Waals surface area contributed by atoms with Crippen LogP contribution in [0.15, 0.2) is 42.5 Å². The van der Waals surface area contributed by atoms with E-state index in [1.165, 1.54) is 4.88 Å². The van der Waals surface area contributed by atoms with E-state index in [9.17, 15) is 9.90 Å². The highest BCUT2D eigenvalue weighted by Crippen LogP contribution is 2.28. The molecular formula is C14H11NO2S. The molecular weight excluding hydrogens is 246 g/mol. The number of aromatic nitrogens is 1. The van der Waals surface area contributed by atoms with Gasteiger partial charge in [0.1, 0.15) is 10.7 Å². The summed E-state index contributed by atoms with van der Waals surface area (Å²) in [5, 5.41) is 11.2. The number of benzene rings is 1. The molecule has 0 aliphatic carbocycles. The van der Waals surface area contributed by atoms with Gasteiger partial charge >= 0.3 is 5.97 Å². The first kappa shape index (κ1) is 11.0. The molecule has 4 heteroatoms.